The molecule has 1 aliphatic heterocycles. The van der Waals surface area contributed by atoms with E-state index in [-0.39, 0.29) is 28.6 Å². The summed E-state index contributed by atoms with van der Waals surface area (Å²) in [7, 11) is 0. The number of pyridine rings is 1. The number of rotatable bonds is 5. The van der Waals surface area contributed by atoms with Gasteiger partial charge in [0.05, 0.1) is 11.8 Å². The van der Waals surface area contributed by atoms with Gasteiger partial charge in [-0.05, 0) is 72.2 Å². The highest BCUT2D eigenvalue weighted by molar-refractivity contribution is 14.1. The molecule has 36 heavy (non-hydrogen) atoms. The van der Waals surface area contributed by atoms with Gasteiger partial charge >= 0.3 is 0 Å². The van der Waals surface area contributed by atoms with Gasteiger partial charge in [-0.25, -0.2) is 0 Å². The summed E-state index contributed by atoms with van der Waals surface area (Å²) in [5.74, 6) is 0.533. The Hall–Kier alpha value is -0.630. The number of nitrogens with zero attached hydrogens (tertiary/aromatic N) is 1. The predicted molar refractivity (Wildman–Crippen MR) is 159 cm³/mol. The summed E-state index contributed by atoms with van der Waals surface area (Å²) in [6.07, 6.45) is 9.11. The lowest BCUT2D eigenvalue weighted by molar-refractivity contribution is -0.0299. The number of hydrogen-bond acceptors (Lipinski definition) is 4. The van der Waals surface area contributed by atoms with Crippen molar-refractivity contribution < 1.29 is 8.92 Å². The topological polar surface area (TPSA) is 31.4 Å². The Morgan fingerprint density at radius 2 is 1.75 bits per heavy atom. The van der Waals surface area contributed by atoms with Crippen molar-refractivity contribution in [1.82, 2.24) is 4.98 Å². The van der Waals surface area contributed by atoms with Crippen LogP contribution in [-0.2, 0) is 26.4 Å². The summed E-state index contributed by atoms with van der Waals surface area (Å²) in [4.78, 5) is 5.56. The number of hydrogen-bond donors (Lipinski definition) is 0. The Bertz CT molecular complexity index is 1120. The molecule has 0 radical (unpaired) electrons. The lowest BCUT2D eigenvalue weighted by Gasteiger charge is -2.39. The number of ether oxygens (including phenoxy) is 1. The standard InChI is InChI=1S/C31H42INO2S/c1-29(2,3)21-14-12-20(13-15-21)28-25-26(31(6,18-32)34-28)24-22(33-27(25)19-10-8-9-11-19)16-30(4,5)17-23(24)35-36-7/h12-15,19,23,28H,8-11,16-18H2,1-7H3/t23?,28-,31?/m1/s1. The lowest BCUT2D eigenvalue weighted by Crippen LogP contribution is -2.33. The first-order chi connectivity index (χ1) is 17.0. The molecule has 1 aromatic carbocycles. The van der Waals surface area contributed by atoms with Gasteiger partial charge in [0.25, 0.3) is 0 Å². The molecule has 2 aliphatic carbocycles. The third-order valence-electron chi connectivity index (χ3n) is 8.54. The van der Waals surface area contributed by atoms with Crippen LogP contribution in [0.4, 0.5) is 0 Å². The fourth-order valence-electron chi connectivity index (χ4n) is 6.71. The summed E-state index contributed by atoms with van der Waals surface area (Å²) < 4.78 is 14.4. The molecule has 3 nitrogen and oxygen atoms in total. The zero-order valence-electron chi connectivity index (χ0n) is 23.0. The minimum Gasteiger partial charge on any atom is -0.357 e. The third kappa shape index (κ3) is 4.80. The molecule has 1 fully saturated rings. The number of halogens is 1. The summed E-state index contributed by atoms with van der Waals surface area (Å²) in [5.41, 5.74) is 9.21. The molecule has 0 saturated heterocycles. The minimum atomic E-state index is -0.356. The fourth-order valence-corrected chi connectivity index (χ4v) is 7.66. The molecule has 1 saturated carbocycles. The smallest absolute Gasteiger partial charge is 0.111 e. The largest absolute Gasteiger partial charge is 0.357 e. The number of aromatic nitrogens is 1. The van der Waals surface area contributed by atoms with Crippen molar-refractivity contribution >= 4 is 34.6 Å². The van der Waals surface area contributed by atoms with E-state index in [0.717, 1.165) is 17.3 Å². The van der Waals surface area contributed by atoms with Gasteiger partial charge in [-0.1, -0.05) is 94.3 Å². The second kappa shape index (κ2) is 9.84. The maximum Gasteiger partial charge on any atom is 0.111 e. The highest BCUT2D eigenvalue weighted by Gasteiger charge is 2.50. The van der Waals surface area contributed by atoms with Crippen LogP contribution in [0.3, 0.4) is 0 Å². The highest BCUT2D eigenvalue weighted by atomic mass is 127. The molecule has 2 aromatic rings. The van der Waals surface area contributed by atoms with Crippen molar-refractivity contribution in [3.05, 3.63) is 63.5 Å². The Balaban J connectivity index is 1.74. The van der Waals surface area contributed by atoms with Gasteiger partial charge in [-0.2, -0.15) is 0 Å². The van der Waals surface area contributed by atoms with E-state index in [1.807, 2.05) is 6.26 Å². The molecule has 0 amide bonds. The van der Waals surface area contributed by atoms with E-state index in [0.29, 0.717) is 5.92 Å². The van der Waals surface area contributed by atoms with Crippen molar-refractivity contribution in [2.24, 2.45) is 5.41 Å². The molecule has 2 unspecified atom stereocenters. The van der Waals surface area contributed by atoms with Crippen LogP contribution in [0.25, 0.3) is 0 Å². The van der Waals surface area contributed by atoms with Crippen LogP contribution in [0.2, 0.25) is 0 Å². The van der Waals surface area contributed by atoms with Gasteiger partial charge in [0, 0.05) is 33.4 Å². The quantitative estimate of drug-likeness (QED) is 0.190. The molecule has 2 heterocycles. The van der Waals surface area contributed by atoms with Crippen molar-refractivity contribution in [2.75, 3.05) is 10.7 Å². The van der Waals surface area contributed by atoms with Crippen LogP contribution < -0.4 is 0 Å². The summed E-state index contributed by atoms with van der Waals surface area (Å²) in [6.45, 7) is 13.9. The van der Waals surface area contributed by atoms with E-state index in [4.69, 9.17) is 13.9 Å². The maximum absolute atomic E-state index is 7.12. The predicted octanol–water partition coefficient (Wildman–Crippen LogP) is 9.11. The van der Waals surface area contributed by atoms with Gasteiger partial charge < -0.3 is 8.92 Å². The molecular formula is C31H42INO2S. The zero-order valence-corrected chi connectivity index (χ0v) is 26.0. The number of benzene rings is 1. The average Bonchev–Trinajstić information content (AvgIpc) is 3.45. The van der Waals surface area contributed by atoms with Gasteiger partial charge in [0.2, 0.25) is 0 Å². The number of alkyl halides is 1. The van der Waals surface area contributed by atoms with E-state index in [9.17, 15) is 0 Å². The summed E-state index contributed by atoms with van der Waals surface area (Å²) in [6, 6.07) is 9.18. The highest BCUT2D eigenvalue weighted by Crippen LogP contribution is 2.57. The van der Waals surface area contributed by atoms with E-state index >= 15 is 0 Å². The second-order valence-corrected chi connectivity index (χ2v) is 14.4. The first-order valence-electron chi connectivity index (χ1n) is 13.6. The van der Waals surface area contributed by atoms with Crippen molar-refractivity contribution in [3.8, 4) is 0 Å². The van der Waals surface area contributed by atoms with Crippen molar-refractivity contribution in [3.63, 3.8) is 0 Å². The summed E-state index contributed by atoms with van der Waals surface area (Å²) in [5, 5.41) is 0. The number of fused-ring (bicyclic) bond motifs is 3. The molecule has 1 aromatic heterocycles. The van der Waals surface area contributed by atoms with Crippen molar-refractivity contribution in [2.45, 2.75) is 109 Å². The Kier molecular flexibility index (Phi) is 7.37. The van der Waals surface area contributed by atoms with Gasteiger partial charge in [0.1, 0.15) is 11.7 Å². The second-order valence-electron chi connectivity index (χ2n) is 13.2. The fraction of sp³-hybridized carbons (Fsp3) is 0.645. The van der Waals surface area contributed by atoms with Gasteiger partial charge in [0.15, 0.2) is 0 Å². The van der Waals surface area contributed by atoms with Crippen LogP contribution in [-0.4, -0.2) is 15.7 Å². The van der Waals surface area contributed by atoms with E-state index in [2.05, 4.69) is 88.4 Å². The minimum absolute atomic E-state index is 0.0468. The molecule has 0 spiro atoms. The SMILES string of the molecule is CSOC1CC(C)(C)Cc2nc(C3CCCC3)c3c(c21)C(C)(CI)O[C@@H]3c1ccc(C(C)(C)C)cc1. The Morgan fingerprint density at radius 1 is 1.08 bits per heavy atom. The van der Waals surface area contributed by atoms with Gasteiger partial charge in [-0.3, -0.25) is 4.98 Å². The molecule has 3 atom stereocenters. The third-order valence-corrected chi connectivity index (χ3v) is 10.4. The van der Waals surface area contributed by atoms with E-state index in [1.54, 1.807) is 0 Å². The first-order valence-corrected chi connectivity index (χ1v) is 16.3. The Labute approximate surface area is 236 Å². The molecule has 5 rings (SSSR count). The van der Waals surface area contributed by atoms with E-state index < -0.39 is 0 Å². The van der Waals surface area contributed by atoms with Crippen LogP contribution in [0.15, 0.2) is 24.3 Å². The Morgan fingerprint density at radius 3 is 2.33 bits per heavy atom. The van der Waals surface area contributed by atoms with Crippen LogP contribution >= 0.6 is 34.6 Å². The lowest BCUT2D eigenvalue weighted by atomic mass is 9.71. The van der Waals surface area contributed by atoms with E-state index in [1.165, 1.54) is 76.9 Å². The van der Waals surface area contributed by atoms with Crippen LogP contribution in [0.1, 0.15) is 131 Å². The first kappa shape index (κ1) is 27.0. The molecular weight excluding hydrogens is 577 g/mol. The molecule has 196 valence electrons. The van der Waals surface area contributed by atoms with Crippen molar-refractivity contribution in [1.29, 1.82) is 0 Å². The maximum atomic E-state index is 7.12. The monoisotopic (exact) mass is 619 g/mol. The molecule has 0 N–H and O–H groups in total. The average molecular weight is 620 g/mol. The normalized spacial score (nSPS) is 27.8. The van der Waals surface area contributed by atoms with Crippen LogP contribution in [0.5, 0.6) is 0 Å². The summed E-state index contributed by atoms with van der Waals surface area (Å²) >= 11 is 4.01. The zero-order chi connectivity index (χ0) is 25.9. The van der Waals surface area contributed by atoms with Crippen LogP contribution in [0, 0.1) is 5.41 Å². The van der Waals surface area contributed by atoms with Gasteiger partial charge in [-0.15, -0.1) is 0 Å². The molecule has 0 bridgehead atoms. The molecule has 3 aliphatic rings. The molecule has 5 heteroatoms.